The van der Waals surface area contributed by atoms with E-state index >= 15 is 0 Å². The van der Waals surface area contributed by atoms with Crippen LogP contribution in [0.4, 0.5) is 24.5 Å². The Morgan fingerprint density at radius 2 is 1.89 bits per heavy atom. The van der Waals surface area contributed by atoms with Gasteiger partial charge < -0.3 is 10.6 Å². The minimum atomic E-state index is -4.38. The summed E-state index contributed by atoms with van der Waals surface area (Å²) in [6.07, 6.45) is -3.44. The lowest BCUT2D eigenvalue weighted by atomic mass is 10.1. The Balaban J connectivity index is 3.16. The number of anilines is 2. The summed E-state index contributed by atoms with van der Waals surface area (Å²) in [6.45, 7) is 7.08. The summed E-state index contributed by atoms with van der Waals surface area (Å²) in [6, 6.07) is 3.99. The maximum Gasteiger partial charge on any atom is 0.418 e. The van der Waals surface area contributed by atoms with Gasteiger partial charge in [0.25, 0.3) is 0 Å². The maximum absolute atomic E-state index is 13.1. The highest BCUT2D eigenvalue weighted by Gasteiger charge is 2.35. The van der Waals surface area contributed by atoms with Gasteiger partial charge in [-0.1, -0.05) is 20.3 Å². The van der Waals surface area contributed by atoms with E-state index in [1.807, 2.05) is 20.8 Å². The van der Waals surface area contributed by atoms with Crippen molar-refractivity contribution >= 4 is 11.4 Å². The molecule has 0 aliphatic rings. The summed E-state index contributed by atoms with van der Waals surface area (Å²) in [5.74, 6) is 0.346. The number of alkyl halides is 3. The van der Waals surface area contributed by atoms with E-state index in [4.69, 9.17) is 5.73 Å². The van der Waals surface area contributed by atoms with Crippen LogP contribution in [0.25, 0.3) is 0 Å². The molecule has 1 rings (SSSR count). The average molecular weight is 274 g/mol. The van der Waals surface area contributed by atoms with Crippen molar-refractivity contribution < 1.29 is 13.2 Å². The van der Waals surface area contributed by atoms with Crippen molar-refractivity contribution in [3.05, 3.63) is 23.8 Å². The second-order valence-corrected chi connectivity index (χ2v) is 4.83. The van der Waals surface area contributed by atoms with Crippen LogP contribution in [0.2, 0.25) is 0 Å². The molecular formula is C14H21F3N2. The van der Waals surface area contributed by atoms with Gasteiger partial charge >= 0.3 is 6.18 Å². The molecule has 0 heterocycles. The van der Waals surface area contributed by atoms with Crippen molar-refractivity contribution in [2.45, 2.75) is 33.4 Å². The zero-order valence-electron chi connectivity index (χ0n) is 11.6. The van der Waals surface area contributed by atoms with E-state index in [0.29, 0.717) is 19.0 Å². The Hall–Kier alpha value is -1.39. The van der Waals surface area contributed by atoms with Gasteiger partial charge in [-0.2, -0.15) is 13.2 Å². The highest BCUT2D eigenvalue weighted by Crippen LogP contribution is 2.38. The number of halogens is 3. The molecule has 5 heteroatoms. The Kier molecular flexibility index (Phi) is 5.09. The van der Waals surface area contributed by atoms with Crippen molar-refractivity contribution in [3.8, 4) is 0 Å². The second kappa shape index (κ2) is 6.17. The van der Waals surface area contributed by atoms with E-state index in [-0.39, 0.29) is 11.4 Å². The summed E-state index contributed by atoms with van der Waals surface area (Å²) >= 11 is 0. The number of hydrogen-bond donors (Lipinski definition) is 1. The Labute approximate surface area is 112 Å². The third kappa shape index (κ3) is 4.04. The van der Waals surface area contributed by atoms with Gasteiger partial charge in [0.2, 0.25) is 0 Å². The Bertz CT molecular complexity index is 416. The molecule has 0 aliphatic carbocycles. The molecule has 1 unspecified atom stereocenters. The number of nitrogens with two attached hydrogens (primary N) is 1. The van der Waals surface area contributed by atoms with Crippen LogP contribution in [0, 0.1) is 5.92 Å². The van der Waals surface area contributed by atoms with Gasteiger partial charge in [-0.3, -0.25) is 0 Å². The fraction of sp³-hybridized carbons (Fsp3) is 0.571. The van der Waals surface area contributed by atoms with Crippen LogP contribution < -0.4 is 10.6 Å². The summed E-state index contributed by atoms with van der Waals surface area (Å²) < 4.78 is 39.2. The van der Waals surface area contributed by atoms with Crippen LogP contribution in [0.5, 0.6) is 0 Å². The van der Waals surface area contributed by atoms with Gasteiger partial charge in [-0.05, 0) is 31.0 Å². The first-order valence-corrected chi connectivity index (χ1v) is 6.51. The van der Waals surface area contributed by atoms with E-state index in [1.54, 1.807) is 4.90 Å². The summed E-state index contributed by atoms with van der Waals surface area (Å²) in [4.78, 5) is 1.76. The van der Waals surface area contributed by atoms with E-state index in [1.165, 1.54) is 12.1 Å². The molecule has 0 radical (unpaired) electrons. The molecule has 1 atom stereocenters. The number of benzene rings is 1. The molecule has 2 nitrogen and oxygen atoms in total. The largest absolute Gasteiger partial charge is 0.418 e. The number of nitrogens with zero attached hydrogens (tertiary/aromatic N) is 1. The predicted octanol–water partition coefficient (Wildman–Crippen LogP) is 4.16. The molecule has 0 aliphatic heterocycles. The van der Waals surface area contributed by atoms with Crippen LogP contribution in [0.1, 0.15) is 32.8 Å². The first-order chi connectivity index (χ1) is 8.79. The lowest BCUT2D eigenvalue weighted by Gasteiger charge is -2.29. The SMILES string of the molecule is CCC(C)CN(CC)c1ccc(N)cc1C(F)(F)F. The molecule has 2 N–H and O–H groups in total. The fourth-order valence-electron chi connectivity index (χ4n) is 1.96. The average Bonchev–Trinajstić information content (AvgIpc) is 2.34. The zero-order valence-corrected chi connectivity index (χ0v) is 11.6. The van der Waals surface area contributed by atoms with Gasteiger partial charge in [0, 0.05) is 24.5 Å². The fourth-order valence-corrected chi connectivity index (χ4v) is 1.96. The van der Waals surface area contributed by atoms with E-state index in [9.17, 15) is 13.2 Å². The molecule has 0 saturated carbocycles. The van der Waals surface area contributed by atoms with Crippen LogP contribution in [-0.4, -0.2) is 13.1 Å². The van der Waals surface area contributed by atoms with Gasteiger partial charge in [0.05, 0.1) is 5.56 Å². The van der Waals surface area contributed by atoms with Crippen molar-refractivity contribution in [1.82, 2.24) is 0 Å². The molecule has 0 aromatic heterocycles. The number of hydrogen-bond acceptors (Lipinski definition) is 2. The molecule has 108 valence electrons. The first-order valence-electron chi connectivity index (χ1n) is 6.51. The van der Waals surface area contributed by atoms with Gasteiger partial charge in [0.1, 0.15) is 0 Å². The van der Waals surface area contributed by atoms with E-state index in [0.717, 1.165) is 12.5 Å². The van der Waals surface area contributed by atoms with Crippen LogP contribution >= 0.6 is 0 Å². The standard InChI is InChI=1S/C14H21F3N2/c1-4-10(3)9-19(5-2)13-7-6-11(18)8-12(13)14(15,16)17/h6-8,10H,4-5,9,18H2,1-3H3. The van der Waals surface area contributed by atoms with Crippen LogP contribution in [0.3, 0.4) is 0 Å². The molecule has 0 saturated heterocycles. The lowest BCUT2D eigenvalue weighted by molar-refractivity contribution is -0.137. The van der Waals surface area contributed by atoms with Crippen molar-refractivity contribution in [2.24, 2.45) is 5.92 Å². The summed E-state index contributed by atoms with van der Waals surface area (Å²) in [5, 5.41) is 0. The highest BCUT2D eigenvalue weighted by molar-refractivity contribution is 5.60. The van der Waals surface area contributed by atoms with Gasteiger partial charge in [-0.15, -0.1) is 0 Å². The predicted molar refractivity (Wildman–Crippen MR) is 73.2 cm³/mol. The van der Waals surface area contributed by atoms with Crippen LogP contribution in [0.15, 0.2) is 18.2 Å². The van der Waals surface area contributed by atoms with Crippen molar-refractivity contribution in [2.75, 3.05) is 23.7 Å². The Morgan fingerprint density at radius 1 is 1.26 bits per heavy atom. The molecular weight excluding hydrogens is 253 g/mol. The first kappa shape index (κ1) is 15.7. The Morgan fingerprint density at radius 3 is 2.37 bits per heavy atom. The van der Waals surface area contributed by atoms with Crippen molar-refractivity contribution in [1.29, 1.82) is 0 Å². The number of rotatable bonds is 5. The molecule has 0 amide bonds. The molecule has 0 bridgehead atoms. The molecule has 19 heavy (non-hydrogen) atoms. The molecule has 1 aromatic rings. The third-order valence-electron chi connectivity index (χ3n) is 3.28. The normalized spacial score (nSPS) is 13.4. The van der Waals surface area contributed by atoms with E-state index < -0.39 is 11.7 Å². The smallest absolute Gasteiger partial charge is 0.399 e. The minimum Gasteiger partial charge on any atom is -0.399 e. The lowest BCUT2D eigenvalue weighted by Crippen LogP contribution is -2.30. The van der Waals surface area contributed by atoms with E-state index in [2.05, 4.69) is 0 Å². The quantitative estimate of drug-likeness (QED) is 0.817. The summed E-state index contributed by atoms with van der Waals surface area (Å²) in [7, 11) is 0. The third-order valence-corrected chi connectivity index (χ3v) is 3.28. The molecule has 0 fully saturated rings. The maximum atomic E-state index is 13.1. The van der Waals surface area contributed by atoms with Gasteiger partial charge in [-0.25, -0.2) is 0 Å². The van der Waals surface area contributed by atoms with Gasteiger partial charge in [0.15, 0.2) is 0 Å². The molecule has 0 spiro atoms. The monoisotopic (exact) mass is 274 g/mol. The van der Waals surface area contributed by atoms with Crippen molar-refractivity contribution in [3.63, 3.8) is 0 Å². The number of nitrogen functional groups attached to an aromatic ring is 1. The minimum absolute atomic E-state index is 0.135. The zero-order chi connectivity index (χ0) is 14.6. The summed E-state index contributed by atoms with van der Waals surface area (Å²) in [5.41, 5.74) is 5.17. The topological polar surface area (TPSA) is 29.3 Å². The van der Waals surface area contributed by atoms with Crippen LogP contribution in [-0.2, 0) is 6.18 Å². The highest BCUT2D eigenvalue weighted by atomic mass is 19.4. The molecule has 1 aromatic carbocycles. The second-order valence-electron chi connectivity index (χ2n) is 4.83.